The van der Waals surface area contributed by atoms with Crippen molar-refractivity contribution in [2.75, 3.05) is 11.4 Å². The maximum Gasteiger partial charge on any atom is 0.326 e. The first-order valence-corrected chi connectivity index (χ1v) is 7.24. The third-order valence-corrected chi connectivity index (χ3v) is 4.93. The van der Waals surface area contributed by atoms with Crippen molar-refractivity contribution >= 4 is 17.3 Å². The predicted octanol–water partition coefficient (Wildman–Crippen LogP) is 2.59. The van der Waals surface area contributed by atoms with Gasteiger partial charge in [-0.25, -0.2) is 4.79 Å². The maximum absolute atomic E-state index is 11.7. The smallest absolute Gasteiger partial charge is 0.326 e. The molecule has 0 aromatic heterocycles. The summed E-state index contributed by atoms with van der Waals surface area (Å²) in [5.41, 5.74) is 1.29. The molecule has 2 fully saturated rings. The summed E-state index contributed by atoms with van der Waals surface area (Å²) in [5, 5.41) is 20.7. The van der Waals surface area contributed by atoms with E-state index in [2.05, 4.69) is 0 Å². The van der Waals surface area contributed by atoms with Crippen molar-refractivity contribution in [2.24, 2.45) is 11.8 Å². The second kappa shape index (κ2) is 5.02. The number of nitro benzene ring substituents is 1. The zero-order valence-corrected chi connectivity index (χ0v) is 11.9. The topological polar surface area (TPSA) is 83.7 Å². The maximum atomic E-state index is 11.7. The Morgan fingerprint density at radius 1 is 1.43 bits per heavy atom. The van der Waals surface area contributed by atoms with Gasteiger partial charge in [-0.05, 0) is 37.7 Å². The molecule has 0 radical (unpaired) electrons. The molecule has 0 amide bonds. The normalized spacial score (nSPS) is 27.7. The van der Waals surface area contributed by atoms with E-state index >= 15 is 0 Å². The van der Waals surface area contributed by atoms with Crippen molar-refractivity contribution in [3.05, 3.63) is 33.9 Å². The molecule has 6 heteroatoms. The molecule has 3 unspecified atom stereocenters. The van der Waals surface area contributed by atoms with Gasteiger partial charge < -0.3 is 10.0 Å². The first kappa shape index (κ1) is 13.9. The molecule has 0 bridgehead atoms. The van der Waals surface area contributed by atoms with Gasteiger partial charge in [0.1, 0.15) is 6.04 Å². The minimum Gasteiger partial charge on any atom is -0.480 e. The molecule has 1 aliphatic carbocycles. The fourth-order valence-electron chi connectivity index (χ4n) is 3.99. The molecule has 1 saturated carbocycles. The summed E-state index contributed by atoms with van der Waals surface area (Å²) >= 11 is 0. The van der Waals surface area contributed by atoms with Gasteiger partial charge in [0.2, 0.25) is 0 Å². The number of anilines is 1. The minimum atomic E-state index is -0.824. The summed E-state index contributed by atoms with van der Waals surface area (Å²) in [6, 6.07) is 4.33. The summed E-state index contributed by atoms with van der Waals surface area (Å²) in [4.78, 5) is 24.2. The molecule has 1 saturated heterocycles. The highest BCUT2D eigenvalue weighted by Gasteiger charge is 2.48. The van der Waals surface area contributed by atoms with Crippen LogP contribution in [0.4, 0.5) is 11.4 Å². The third kappa shape index (κ3) is 2.14. The highest BCUT2D eigenvalue weighted by molar-refractivity contribution is 5.81. The van der Waals surface area contributed by atoms with Crippen molar-refractivity contribution in [2.45, 2.75) is 32.2 Å². The average molecular weight is 290 g/mol. The van der Waals surface area contributed by atoms with Crippen LogP contribution in [0.1, 0.15) is 24.8 Å². The van der Waals surface area contributed by atoms with Crippen LogP contribution in [0.15, 0.2) is 18.2 Å². The van der Waals surface area contributed by atoms with Gasteiger partial charge in [-0.3, -0.25) is 10.1 Å². The predicted molar refractivity (Wildman–Crippen MR) is 77.4 cm³/mol. The zero-order valence-electron chi connectivity index (χ0n) is 11.9. The number of rotatable bonds is 3. The van der Waals surface area contributed by atoms with Gasteiger partial charge in [-0.15, -0.1) is 0 Å². The number of fused-ring (bicyclic) bond motifs is 1. The van der Waals surface area contributed by atoms with E-state index in [-0.39, 0.29) is 11.6 Å². The Balaban J connectivity index is 2.02. The van der Waals surface area contributed by atoms with Gasteiger partial charge in [0, 0.05) is 18.3 Å². The molecule has 0 spiro atoms. The van der Waals surface area contributed by atoms with E-state index in [4.69, 9.17) is 0 Å². The molecule has 3 atom stereocenters. The van der Waals surface area contributed by atoms with Crippen molar-refractivity contribution in [3.8, 4) is 0 Å². The fraction of sp³-hybridized carbons (Fsp3) is 0.533. The number of hydrogen-bond donors (Lipinski definition) is 1. The van der Waals surface area contributed by atoms with Crippen molar-refractivity contribution in [1.29, 1.82) is 0 Å². The van der Waals surface area contributed by atoms with Crippen LogP contribution in [0.2, 0.25) is 0 Å². The molecular formula is C15H18N2O4. The molecule has 6 nitrogen and oxygen atoms in total. The molecule has 2 aliphatic rings. The summed E-state index contributed by atoms with van der Waals surface area (Å²) in [7, 11) is 0. The number of benzene rings is 1. The Bertz CT molecular complexity index is 601. The Hall–Kier alpha value is -2.11. The van der Waals surface area contributed by atoms with Gasteiger partial charge in [0.25, 0.3) is 5.69 Å². The lowest BCUT2D eigenvalue weighted by molar-refractivity contribution is -0.385. The SMILES string of the molecule is Cc1c(N2CC3CCCC3C2C(=O)O)cccc1[N+](=O)[O-]. The Kier molecular flexibility index (Phi) is 3.31. The van der Waals surface area contributed by atoms with Crippen LogP contribution in [-0.2, 0) is 4.79 Å². The monoisotopic (exact) mass is 290 g/mol. The van der Waals surface area contributed by atoms with E-state index < -0.39 is 16.9 Å². The lowest BCUT2D eigenvalue weighted by Crippen LogP contribution is -2.40. The van der Waals surface area contributed by atoms with Crippen LogP contribution in [0.25, 0.3) is 0 Å². The summed E-state index contributed by atoms with van der Waals surface area (Å²) in [6.07, 6.45) is 3.08. The largest absolute Gasteiger partial charge is 0.480 e. The Labute approximate surface area is 122 Å². The number of carboxylic acids is 1. The number of nitrogens with zero attached hydrogens (tertiary/aromatic N) is 2. The average Bonchev–Trinajstić information content (AvgIpc) is 2.97. The third-order valence-electron chi connectivity index (χ3n) is 4.93. The second-order valence-electron chi connectivity index (χ2n) is 5.97. The quantitative estimate of drug-likeness (QED) is 0.683. The molecule has 1 N–H and O–H groups in total. The van der Waals surface area contributed by atoms with E-state index in [0.29, 0.717) is 23.7 Å². The van der Waals surface area contributed by atoms with E-state index in [1.54, 1.807) is 19.1 Å². The second-order valence-corrected chi connectivity index (χ2v) is 5.97. The van der Waals surface area contributed by atoms with Crippen LogP contribution >= 0.6 is 0 Å². The summed E-state index contributed by atoms with van der Waals surface area (Å²) in [5.74, 6) is -0.263. The van der Waals surface area contributed by atoms with E-state index in [1.165, 1.54) is 6.07 Å². The molecule has 1 aliphatic heterocycles. The van der Waals surface area contributed by atoms with Gasteiger partial charge in [0.05, 0.1) is 10.5 Å². The Morgan fingerprint density at radius 2 is 2.19 bits per heavy atom. The molecule has 112 valence electrons. The Morgan fingerprint density at radius 3 is 2.86 bits per heavy atom. The van der Waals surface area contributed by atoms with Gasteiger partial charge in [0.15, 0.2) is 0 Å². The van der Waals surface area contributed by atoms with E-state index in [0.717, 1.165) is 19.3 Å². The van der Waals surface area contributed by atoms with Crippen LogP contribution in [0, 0.1) is 28.9 Å². The zero-order chi connectivity index (χ0) is 15.1. The number of carboxylic acid groups (broad SMARTS) is 1. The van der Waals surface area contributed by atoms with Crippen molar-refractivity contribution in [1.82, 2.24) is 0 Å². The van der Waals surface area contributed by atoms with Gasteiger partial charge >= 0.3 is 5.97 Å². The van der Waals surface area contributed by atoms with Crippen LogP contribution in [-0.4, -0.2) is 28.6 Å². The number of carbonyl (C=O) groups is 1. The highest BCUT2D eigenvalue weighted by atomic mass is 16.6. The number of hydrogen-bond acceptors (Lipinski definition) is 4. The van der Waals surface area contributed by atoms with Crippen molar-refractivity contribution in [3.63, 3.8) is 0 Å². The van der Waals surface area contributed by atoms with Gasteiger partial charge in [-0.1, -0.05) is 12.5 Å². The van der Waals surface area contributed by atoms with Crippen LogP contribution < -0.4 is 4.90 Å². The van der Waals surface area contributed by atoms with Crippen LogP contribution in [0.5, 0.6) is 0 Å². The first-order valence-electron chi connectivity index (χ1n) is 7.24. The lowest BCUT2D eigenvalue weighted by atomic mass is 9.94. The fourth-order valence-corrected chi connectivity index (χ4v) is 3.99. The highest BCUT2D eigenvalue weighted by Crippen LogP contribution is 2.45. The molecular weight excluding hydrogens is 272 g/mol. The number of nitro groups is 1. The number of aliphatic carboxylic acids is 1. The molecule has 1 aromatic carbocycles. The molecule has 21 heavy (non-hydrogen) atoms. The van der Waals surface area contributed by atoms with Crippen molar-refractivity contribution < 1.29 is 14.8 Å². The first-order chi connectivity index (χ1) is 10.0. The van der Waals surface area contributed by atoms with Gasteiger partial charge in [-0.2, -0.15) is 0 Å². The molecule has 1 aromatic rings. The summed E-state index contributed by atoms with van der Waals surface area (Å²) < 4.78 is 0. The van der Waals surface area contributed by atoms with E-state index in [9.17, 15) is 20.0 Å². The van der Waals surface area contributed by atoms with E-state index in [1.807, 2.05) is 4.90 Å². The molecule has 1 heterocycles. The summed E-state index contributed by atoms with van der Waals surface area (Å²) in [6.45, 7) is 2.38. The van der Waals surface area contributed by atoms with Crippen LogP contribution in [0.3, 0.4) is 0 Å². The minimum absolute atomic E-state index is 0.0497. The lowest BCUT2D eigenvalue weighted by Gasteiger charge is -2.27. The standard InChI is InChI=1S/C15H18N2O4/c1-9-12(6-3-7-13(9)17(20)21)16-8-10-4-2-5-11(10)14(16)15(18)19/h3,6-7,10-11,14H,2,4-5,8H2,1H3,(H,18,19). The molecule has 3 rings (SSSR count).